The second kappa shape index (κ2) is 10.6. The molecule has 0 aliphatic carbocycles. The van der Waals surface area contributed by atoms with E-state index in [0.29, 0.717) is 24.2 Å². The Labute approximate surface area is 175 Å². The molecule has 0 saturated heterocycles. The lowest BCUT2D eigenvalue weighted by atomic mass is 9.92. The van der Waals surface area contributed by atoms with Gasteiger partial charge in [-0.15, -0.1) is 0 Å². The summed E-state index contributed by atoms with van der Waals surface area (Å²) in [6, 6.07) is 6.54. The molecule has 2 rings (SSSR count). The fourth-order valence-corrected chi connectivity index (χ4v) is 3.07. The van der Waals surface area contributed by atoms with Gasteiger partial charge in [0.2, 0.25) is 0 Å². The number of ether oxygens (including phenoxy) is 2. The lowest BCUT2D eigenvalue weighted by Gasteiger charge is -2.32. The Morgan fingerprint density at radius 2 is 1.37 bits per heavy atom. The van der Waals surface area contributed by atoms with Crippen molar-refractivity contribution >= 4 is 24.0 Å². The third-order valence-electron chi connectivity index (χ3n) is 4.66. The van der Waals surface area contributed by atoms with Crippen molar-refractivity contribution in [1.29, 1.82) is 0 Å². The predicted octanol–water partition coefficient (Wildman–Crippen LogP) is 1.25. The van der Waals surface area contributed by atoms with Gasteiger partial charge in [0, 0.05) is 38.0 Å². The number of hydrogen-bond acceptors (Lipinski definition) is 7. The standard InChI is InChI=1S/C20H28N4O6/c1-3-22-18(27)29-11-9-20(21,10-12-30-19(28)23-4-2)13-24-16(25)14-7-5-6-8-15(14)17(24)26/h5-8H,3-4,9-13,21H2,1-2H3,(H,22,27)(H,23,28). The Kier molecular flexibility index (Phi) is 8.16. The minimum atomic E-state index is -1.12. The van der Waals surface area contributed by atoms with Crippen LogP contribution >= 0.6 is 0 Å². The number of imide groups is 1. The van der Waals surface area contributed by atoms with Crippen molar-refractivity contribution in [3.05, 3.63) is 35.4 Å². The average molecular weight is 420 g/mol. The van der Waals surface area contributed by atoms with Crippen molar-refractivity contribution in [2.24, 2.45) is 5.73 Å². The molecule has 10 nitrogen and oxygen atoms in total. The van der Waals surface area contributed by atoms with E-state index < -0.39 is 29.5 Å². The van der Waals surface area contributed by atoms with E-state index in [4.69, 9.17) is 15.2 Å². The summed E-state index contributed by atoms with van der Waals surface area (Å²) in [4.78, 5) is 49.5. The summed E-state index contributed by atoms with van der Waals surface area (Å²) in [6.45, 7) is 4.21. The summed E-state index contributed by atoms with van der Waals surface area (Å²) in [5.74, 6) is -0.862. The first-order valence-electron chi connectivity index (χ1n) is 9.86. The molecule has 0 bridgehead atoms. The van der Waals surface area contributed by atoms with Gasteiger partial charge >= 0.3 is 12.2 Å². The smallest absolute Gasteiger partial charge is 0.407 e. The summed E-state index contributed by atoms with van der Waals surface area (Å²) in [7, 11) is 0. The molecule has 1 aliphatic rings. The topological polar surface area (TPSA) is 140 Å². The van der Waals surface area contributed by atoms with Crippen LogP contribution in [-0.4, -0.2) is 67.3 Å². The van der Waals surface area contributed by atoms with E-state index >= 15 is 0 Å². The maximum absolute atomic E-state index is 12.7. The quantitative estimate of drug-likeness (QED) is 0.484. The van der Waals surface area contributed by atoms with E-state index in [-0.39, 0.29) is 32.6 Å². The summed E-state index contributed by atoms with van der Waals surface area (Å²) in [5.41, 5.74) is 6.01. The number of benzene rings is 1. The molecule has 1 aromatic carbocycles. The van der Waals surface area contributed by atoms with Crippen molar-refractivity contribution in [3.8, 4) is 0 Å². The fraction of sp³-hybridized carbons (Fsp3) is 0.500. The zero-order valence-corrected chi connectivity index (χ0v) is 17.2. The highest BCUT2D eigenvalue weighted by Gasteiger charge is 2.40. The highest BCUT2D eigenvalue weighted by molar-refractivity contribution is 6.21. The summed E-state index contributed by atoms with van der Waals surface area (Å²) < 4.78 is 10.2. The van der Waals surface area contributed by atoms with Crippen LogP contribution in [0.25, 0.3) is 0 Å². The molecule has 164 valence electrons. The molecule has 4 amide bonds. The molecule has 0 atom stereocenters. The minimum Gasteiger partial charge on any atom is -0.449 e. The van der Waals surface area contributed by atoms with Crippen LogP contribution in [0, 0.1) is 0 Å². The number of nitrogens with two attached hydrogens (primary N) is 1. The third kappa shape index (κ3) is 5.93. The van der Waals surface area contributed by atoms with E-state index in [1.165, 1.54) is 0 Å². The van der Waals surface area contributed by atoms with Gasteiger partial charge in [-0.3, -0.25) is 14.5 Å². The number of carbonyl (C=O) groups is 4. The van der Waals surface area contributed by atoms with Gasteiger partial charge < -0.3 is 25.8 Å². The van der Waals surface area contributed by atoms with Crippen LogP contribution in [0.3, 0.4) is 0 Å². The van der Waals surface area contributed by atoms with Crippen LogP contribution in [0.2, 0.25) is 0 Å². The Hall–Kier alpha value is -3.14. The summed E-state index contributed by atoms with van der Waals surface area (Å²) in [6.07, 6.45) is -0.842. The van der Waals surface area contributed by atoms with E-state index in [2.05, 4.69) is 10.6 Å². The van der Waals surface area contributed by atoms with Crippen LogP contribution < -0.4 is 16.4 Å². The van der Waals surface area contributed by atoms with Gasteiger partial charge in [0.1, 0.15) is 0 Å². The zero-order valence-electron chi connectivity index (χ0n) is 17.2. The lowest BCUT2D eigenvalue weighted by molar-refractivity contribution is 0.0567. The molecule has 0 aromatic heterocycles. The number of nitrogens with zero attached hydrogens (tertiary/aromatic N) is 1. The lowest BCUT2D eigenvalue weighted by Crippen LogP contribution is -2.53. The number of hydrogen-bond donors (Lipinski definition) is 3. The van der Waals surface area contributed by atoms with Gasteiger partial charge in [0.05, 0.1) is 24.3 Å². The van der Waals surface area contributed by atoms with E-state index in [0.717, 1.165) is 4.90 Å². The van der Waals surface area contributed by atoms with Crippen molar-refractivity contribution in [1.82, 2.24) is 15.5 Å². The summed E-state index contributed by atoms with van der Waals surface area (Å²) >= 11 is 0. The van der Waals surface area contributed by atoms with Crippen molar-refractivity contribution in [2.45, 2.75) is 32.2 Å². The minimum absolute atomic E-state index is 0.0212. The molecule has 1 aromatic rings. The fourth-order valence-electron chi connectivity index (χ4n) is 3.07. The van der Waals surface area contributed by atoms with Crippen molar-refractivity contribution in [2.75, 3.05) is 32.8 Å². The molecule has 1 aliphatic heterocycles. The molecule has 10 heteroatoms. The SMILES string of the molecule is CCNC(=O)OCCC(N)(CCOC(=O)NCC)CN1C(=O)c2ccccc2C1=O. The normalized spacial score (nSPS) is 13.1. The van der Waals surface area contributed by atoms with Crippen LogP contribution in [0.5, 0.6) is 0 Å². The zero-order chi connectivity index (χ0) is 22.1. The highest BCUT2D eigenvalue weighted by atomic mass is 16.6. The Balaban J connectivity index is 2.06. The largest absolute Gasteiger partial charge is 0.449 e. The van der Waals surface area contributed by atoms with E-state index in [9.17, 15) is 19.2 Å². The third-order valence-corrected chi connectivity index (χ3v) is 4.66. The van der Waals surface area contributed by atoms with Crippen LogP contribution in [0.1, 0.15) is 47.4 Å². The number of alkyl carbamates (subject to hydrolysis) is 2. The van der Waals surface area contributed by atoms with E-state index in [1.54, 1.807) is 38.1 Å². The van der Waals surface area contributed by atoms with Crippen LogP contribution in [-0.2, 0) is 9.47 Å². The maximum atomic E-state index is 12.7. The van der Waals surface area contributed by atoms with Gasteiger partial charge in [-0.1, -0.05) is 12.1 Å². The molecule has 0 spiro atoms. The van der Waals surface area contributed by atoms with Crippen molar-refractivity contribution < 1.29 is 28.7 Å². The molecule has 0 saturated carbocycles. The Morgan fingerprint density at radius 1 is 0.933 bits per heavy atom. The second-order valence-corrected chi connectivity index (χ2v) is 6.94. The van der Waals surface area contributed by atoms with Gasteiger partial charge in [-0.25, -0.2) is 9.59 Å². The second-order valence-electron chi connectivity index (χ2n) is 6.94. The Morgan fingerprint density at radius 3 is 1.77 bits per heavy atom. The molecule has 30 heavy (non-hydrogen) atoms. The number of amides is 4. The van der Waals surface area contributed by atoms with Crippen LogP contribution in [0.4, 0.5) is 9.59 Å². The number of rotatable bonds is 10. The molecular weight excluding hydrogens is 392 g/mol. The maximum Gasteiger partial charge on any atom is 0.407 e. The van der Waals surface area contributed by atoms with Gasteiger partial charge in [-0.2, -0.15) is 0 Å². The summed E-state index contributed by atoms with van der Waals surface area (Å²) in [5, 5.41) is 5.01. The van der Waals surface area contributed by atoms with Gasteiger partial charge in [0.15, 0.2) is 0 Å². The van der Waals surface area contributed by atoms with Gasteiger partial charge in [-0.05, 0) is 26.0 Å². The predicted molar refractivity (Wildman–Crippen MR) is 108 cm³/mol. The molecule has 0 unspecified atom stereocenters. The number of fused-ring (bicyclic) bond motifs is 1. The number of carbonyl (C=O) groups excluding carboxylic acids is 4. The monoisotopic (exact) mass is 420 g/mol. The first-order valence-corrected chi connectivity index (χ1v) is 9.86. The van der Waals surface area contributed by atoms with Gasteiger partial charge in [0.25, 0.3) is 11.8 Å². The first-order chi connectivity index (χ1) is 14.3. The van der Waals surface area contributed by atoms with Crippen LogP contribution in [0.15, 0.2) is 24.3 Å². The van der Waals surface area contributed by atoms with E-state index in [1.807, 2.05) is 0 Å². The molecular formula is C20H28N4O6. The highest BCUT2D eigenvalue weighted by Crippen LogP contribution is 2.26. The van der Waals surface area contributed by atoms with Crippen molar-refractivity contribution in [3.63, 3.8) is 0 Å². The first kappa shape index (κ1) is 23.1. The molecule has 0 fully saturated rings. The molecule has 4 N–H and O–H groups in total. The number of nitrogens with one attached hydrogen (secondary N) is 2. The Bertz CT molecular complexity index is 738. The molecule has 0 radical (unpaired) electrons. The molecule has 1 heterocycles. The average Bonchev–Trinajstić information content (AvgIpc) is 2.93.